The van der Waals surface area contributed by atoms with Gasteiger partial charge in [-0.05, 0) is 44.4 Å². The maximum absolute atomic E-state index is 12.4. The van der Waals surface area contributed by atoms with E-state index in [1.807, 2.05) is 56.0 Å². The Morgan fingerprint density at radius 3 is 2.38 bits per heavy atom. The summed E-state index contributed by atoms with van der Waals surface area (Å²) in [5.74, 6) is 1.88. The van der Waals surface area contributed by atoms with Crippen molar-refractivity contribution in [1.29, 1.82) is 0 Å². The molecule has 158 valence electrons. The van der Waals surface area contributed by atoms with Crippen molar-refractivity contribution < 1.29 is 9.32 Å². The highest BCUT2D eigenvalue weighted by Crippen LogP contribution is 2.14. The summed E-state index contributed by atoms with van der Waals surface area (Å²) in [5.41, 5.74) is 2.70. The molecule has 7 heteroatoms. The second-order valence-corrected chi connectivity index (χ2v) is 7.10. The van der Waals surface area contributed by atoms with Gasteiger partial charge in [0.25, 0.3) is 5.91 Å². The normalized spacial score (nSPS) is 11.6. The summed E-state index contributed by atoms with van der Waals surface area (Å²) in [5, 5.41) is 10.6. The first-order chi connectivity index (χ1) is 14.0. The molecule has 0 radical (unpaired) electrons. The largest absolute Gasteiger partial charge is 0.359 e. The summed E-state index contributed by atoms with van der Waals surface area (Å²) >= 11 is 0. The maximum Gasteiger partial charge on any atom is 0.253 e. The van der Waals surface area contributed by atoms with Gasteiger partial charge in [-0.2, -0.15) is 0 Å². The zero-order valence-electron chi connectivity index (χ0n) is 18.2. The number of aliphatic imine (C=N–C) groups is 1. The first kappa shape index (κ1) is 22.5. The molecule has 0 fully saturated rings. The second-order valence-electron chi connectivity index (χ2n) is 7.10. The van der Waals surface area contributed by atoms with E-state index in [2.05, 4.69) is 34.6 Å². The molecule has 2 rings (SSSR count). The van der Waals surface area contributed by atoms with Crippen LogP contribution in [0.25, 0.3) is 0 Å². The third kappa shape index (κ3) is 6.62. The van der Waals surface area contributed by atoms with Gasteiger partial charge in [0.05, 0.1) is 18.8 Å². The molecule has 1 aromatic heterocycles. The van der Waals surface area contributed by atoms with Crippen LogP contribution in [0.3, 0.4) is 0 Å². The molecule has 2 aromatic rings. The minimum Gasteiger partial charge on any atom is -0.359 e. The van der Waals surface area contributed by atoms with Gasteiger partial charge in [-0.1, -0.05) is 31.1 Å². The Hall–Kier alpha value is -2.83. The van der Waals surface area contributed by atoms with Gasteiger partial charge in [0, 0.05) is 31.3 Å². The number of hydrogen-bond acceptors (Lipinski definition) is 4. The predicted octanol–water partition coefficient (Wildman–Crippen LogP) is 3.54. The number of rotatable bonds is 9. The van der Waals surface area contributed by atoms with Gasteiger partial charge in [0.15, 0.2) is 11.7 Å². The van der Waals surface area contributed by atoms with Crippen LogP contribution in [0.4, 0.5) is 0 Å². The highest BCUT2D eigenvalue weighted by molar-refractivity contribution is 5.94. The smallest absolute Gasteiger partial charge is 0.253 e. The fraction of sp³-hybridized carbons (Fsp3) is 0.500. The highest BCUT2D eigenvalue weighted by atomic mass is 16.5. The maximum atomic E-state index is 12.4. The molecular formula is C22H33N5O2. The van der Waals surface area contributed by atoms with E-state index in [0.29, 0.717) is 43.6 Å². The van der Waals surface area contributed by atoms with E-state index in [4.69, 9.17) is 4.52 Å². The molecule has 0 unspecified atom stereocenters. The Kier molecular flexibility index (Phi) is 8.70. The molecule has 0 aliphatic heterocycles. The molecular weight excluding hydrogens is 366 g/mol. The van der Waals surface area contributed by atoms with Crippen LogP contribution in [0.15, 0.2) is 39.8 Å². The molecule has 1 amide bonds. The molecule has 29 heavy (non-hydrogen) atoms. The van der Waals surface area contributed by atoms with Crippen LogP contribution < -0.4 is 10.6 Å². The number of carbonyl (C=O) groups excluding carboxylic acids is 1. The first-order valence-electron chi connectivity index (χ1n) is 10.3. The Morgan fingerprint density at radius 2 is 1.83 bits per heavy atom. The van der Waals surface area contributed by atoms with Crippen molar-refractivity contribution in [3.8, 4) is 0 Å². The summed E-state index contributed by atoms with van der Waals surface area (Å²) in [6.45, 7) is 13.4. The van der Waals surface area contributed by atoms with Gasteiger partial charge in [-0.25, -0.2) is 4.99 Å². The summed E-state index contributed by atoms with van der Waals surface area (Å²) in [4.78, 5) is 18.8. The van der Waals surface area contributed by atoms with Crippen molar-refractivity contribution in [2.75, 3.05) is 19.6 Å². The Balaban J connectivity index is 1.97. The topological polar surface area (TPSA) is 82.8 Å². The van der Waals surface area contributed by atoms with E-state index in [-0.39, 0.29) is 5.91 Å². The standard InChI is InChI=1S/C22H33N5O2/c1-6-23-22(25-15-19-13-20(16(4)5)26-29-19)24-14-17-9-11-18(12-10-17)21(28)27(7-2)8-3/h9-13,16H,6-8,14-15H2,1-5H3,(H2,23,24,25). The van der Waals surface area contributed by atoms with E-state index in [0.717, 1.165) is 23.6 Å². The lowest BCUT2D eigenvalue weighted by atomic mass is 10.1. The molecule has 2 N–H and O–H groups in total. The van der Waals surface area contributed by atoms with Crippen molar-refractivity contribution in [3.63, 3.8) is 0 Å². The molecule has 0 spiro atoms. The van der Waals surface area contributed by atoms with E-state index in [9.17, 15) is 4.79 Å². The van der Waals surface area contributed by atoms with Gasteiger partial charge in [0.2, 0.25) is 0 Å². The Labute approximate surface area is 173 Å². The minimum atomic E-state index is 0.0629. The van der Waals surface area contributed by atoms with E-state index >= 15 is 0 Å². The van der Waals surface area contributed by atoms with Crippen LogP contribution in [0.5, 0.6) is 0 Å². The van der Waals surface area contributed by atoms with Gasteiger partial charge < -0.3 is 20.1 Å². The lowest BCUT2D eigenvalue weighted by molar-refractivity contribution is 0.0773. The summed E-state index contributed by atoms with van der Waals surface area (Å²) < 4.78 is 5.36. The Morgan fingerprint density at radius 1 is 1.14 bits per heavy atom. The highest BCUT2D eigenvalue weighted by Gasteiger charge is 2.12. The lowest BCUT2D eigenvalue weighted by Crippen LogP contribution is -2.36. The van der Waals surface area contributed by atoms with Crippen LogP contribution in [0, 0.1) is 0 Å². The fourth-order valence-electron chi connectivity index (χ4n) is 2.81. The third-order valence-corrected chi connectivity index (χ3v) is 4.61. The monoisotopic (exact) mass is 399 g/mol. The SMILES string of the molecule is CCNC(=NCc1ccc(C(=O)N(CC)CC)cc1)NCc1cc(C(C)C)no1. The first-order valence-corrected chi connectivity index (χ1v) is 10.3. The number of carbonyl (C=O) groups is 1. The lowest BCUT2D eigenvalue weighted by Gasteiger charge is -2.18. The van der Waals surface area contributed by atoms with Crippen LogP contribution >= 0.6 is 0 Å². The number of guanidine groups is 1. The number of amides is 1. The zero-order valence-corrected chi connectivity index (χ0v) is 18.2. The summed E-state index contributed by atoms with van der Waals surface area (Å²) in [6, 6.07) is 9.61. The molecule has 0 saturated heterocycles. The fourth-order valence-corrected chi connectivity index (χ4v) is 2.81. The number of hydrogen-bond donors (Lipinski definition) is 2. The Bertz CT molecular complexity index is 792. The van der Waals surface area contributed by atoms with E-state index in [1.54, 1.807) is 0 Å². The van der Waals surface area contributed by atoms with Gasteiger partial charge >= 0.3 is 0 Å². The van der Waals surface area contributed by atoms with E-state index in [1.165, 1.54) is 0 Å². The minimum absolute atomic E-state index is 0.0629. The van der Waals surface area contributed by atoms with Crippen molar-refractivity contribution >= 4 is 11.9 Å². The van der Waals surface area contributed by atoms with Crippen LogP contribution in [0.2, 0.25) is 0 Å². The summed E-state index contributed by atoms with van der Waals surface area (Å²) in [7, 11) is 0. The van der Waals surface area contributed by atoms with Crippen LogP contribution in [-0.4, -0.2) is 41.6 Å². The number of benzene rings is 1. The van der Waals surface area contributed by atoms with Crippen LogP contribution in [0.1, 0.15) is 67.9 Å². The number of nitrogens with one attached hydrogen (secondary N) is 2. The molecule has 0 aliphatic carbocycles. The van der Waals surface area contributed by atoms with Crippen LogP contribution in [-0.2, 0) is 13.1 Å². The average Bonchev–Trinajstić information content (AvgIpc) is 3.21. The number of nitrogens with zero attached hydrogens (tertiary/aromatic N) is 3. The molecule has 7 nitrogen and oxygen atoms in total. The molecule has 0 aliphatic rings. The molecule has 1 aromatic carbocycles. The van der Waals surface area contributed by atoms with Crippen molar-refractivity contribution in [1.82, 2.24) is 20.7 Å². The van der Waals surface area contributed by atoms with Crippen molar-refractivity contribution in [2.24, 2.45) is 4.99 Å². The van der Waals surface area contributed by atoms with E-state index < -0.39 is 0 Å². The average molecular weight is 400 g/mol. The third-order valence-electron chi connectivity index (χ3n) is 4.61. The quantitative estimate of drug-likeness (QED) is 0.498. The van der Waals surface area contributed by atoms with Gasteiger partial charge in [0.1, 0.15) is 0 Å². The second kappa shape index (κ2) is 11.2. The molecule has 0 atom stereocenters. The molecule has 0 bridgehead atoms. The summed E-state index contributed by atoms with van der Waals surface area (Å²) in [6.07, 6.45) is 0. The van der Waals surface area contributed by atoms with Crippen molar-refractivity contribution in [3.05, 3.63) is 52.9 Å². The predicted molar refractivity (Wildman–Crippen MR) is 116 cm³/mol. The van der Waals surface area contributed by atoms with Crippen molar-refractivity contribution in [2.45, 2.75) is 53.6 Å². The zero-order chi connectivity index (χ0) is 21.2. The van der Waals surface area contributed by atoms with Gasteiger partial charge in [-0.3, -0.25) is 4.79 Å². The molecule has 1 heterocycles. The number of aromatic nitrogens is 1. The van der Waals surface area contributed by atoms with Gasteiger partial charge in [-0.15, -0.1) is 0 Å². The molecule has 0 saturated carbocycles.